The Kier molecular flexibility index (Phi) is 5.35. The summed E-state index contributed by atoms with van der Waals surface area (Å²) in [7, 11) is 0. The average molecular weight is 395 g/mol. The summed E-state index contributed by atoms with van der Waals surface area (Å²) in [5.41, 5.74) is 0. The number of aromatic nitrogens is 1. The second-order valence-electron chi connectivity index (χ2n) is 3.95. The van der Waals surface area contributed by atoms with Gasteiger partial charge in [0.1, 0.15) is 5.82 Å². The van der Waals surface area contributed by atoms with E-state index < -0.39 is 0 Å². The van der Waals surface area contributed by atoms with Gasteiger partial charge in [-0.25, -0.2) is 4.98 Å². The van der Waals surface area contributed by atoms with E-state index in [-0.39, 0.29) is 6.10 Å². The Bertz CT molecular complexity index is 438. The van der Waals surface area contributed by atoms with E-state index in [1.807, 2.05) is 6.07 Å². The van der Waals surface area contributed by atoms with Crippen molar-refractivity contribution in [2.45, 2.75) is 18.9 Å². The standard InChI is InChI=1S/C11H13Br2N3OS/c12-7-4-9(13)10(14-5-7)16-11(18)15-6-8-2-1-3-17-8/h4-5,8H,1-3,6H2,(H2,14,15,16,18)/t8-/m0/s1. The van der Waals surface area contributed by atoms with Gasteiger partial charge in [0.15, 0.2) is 5.11 Å². The third kappa shape index (κ3) is 4.15. The highest BCUT2D eigenvalue weighted by atomic mass is 79.9. The van der Waals surface area contributed by atoms with E-state index in [1.165, 1.54) is 0 Å². The Morgan fingerprint density at radius 3 is 3.06 bits per heavy atom. The lowest BCUT2D eigenvalue weighted by molar-refractivity contribution is 0.114. The van der Waals surface area contributed by atoms with Gasteiger partial charge in [0.05, 0.1) is 10.6 Å². The van der Waals surface area contributed by atoms with Crippen LogP contribution in [0.1, 0.15) is 12.8 Å². The van der Waals surface area contributed by atoms with E-state index in [4.69, 9.17) is 17.0 Å². The molecule has 2 N–H and O–H groups in total. The predicted octanol–water partition coefficient (Wildman–Crippen LogP) is 3.07. The Morgan fingerprint density at radius 1 is 1.56 bits per heavy atom. The molecule has 18 heavy (non-hydrogen) atoms. The molecule has 1 fully saturated rings. The van der Waals surface area contributed by atoms with Gasteiger partial charge >= 0.3 is 0 Å². The van der Waals surface area contributed by atoms with Crippen molar-refractivity contribution < 1.29 is 4.74 Å². The molecule has 2 heterocycles. The highest BCUT2D eigenvalue weighted by Crippen LogP contribution is 2.23. The maximum atomic E-state index is 5.51. The number of nitrogens with one attached hydrogen (secondary N) is 2. The van der Waals surface area contributed by atoms with Gasteiger partial charge in [0, 0.05) is 23.8 Å². The first kappa shape index (κ1) is 14.2. The zero-order valence-corrected chi connectivity index (χ0v) is 13.6. The van der Waals surface area contributed by atoms with Crippen LogP contribution in [-0.4, -0.2) is 29.4 Å². The molecular weight excluding hydrogens is 382 g/mol. The van der Waals surface area contributed by atoms with Gasteiger partial charge in [-0.15, -0.1) is 0 Å². The van der Waals surface area contributed by atoms with Crippen LogP contribution in [0.3, 0.4) is 0 Å². The van der Waals surface area contributed by atoms with Crippen LogP contribution in [0.5, 0.6) is 0 Å². The third-order valence-electron chi connectivity index (χ3n) is 2.55. The molecule has 0 aromatic carbocycles. The number of thiocarbonyl (C=S) groups is 1. The van der Waals surface area contributed by atoms with Crippen molar-refractivity contribution in [1.29, 1.82) is 0 Å². The number of nitrogens with zero attached hydrogens (tertiary/aromatic N) is 1. The van der Waals surface area contributed by atoms with Gasteiger partial charge in [0.2, 0.25) is 0 Å². The average Bonchev–Trinajstić information content (AvgIpc) is 2.83. The SMILES string of the molecule is S=C(NC[C@@H]1CCCO1)Nc1ncc(Br)cc1Br. The summed E-state index contributed by atoms with van der Waals surface area (Å²) in [5, 5.41) is 6.74. The van der Waals surface area contributed by atoms with Crippen molar-refractivity contribution in [1.82, 2.24) is 10.3 Å². The second kappa shape index (κ2) is 6.79. The second-order valence-corrected chi connectivity index (χ2v) is 6.13. The minimum Gasteiger partial charge on any atom is -0.376 e. The molecule has 7 heteroatoms. The number of hydrogen-bond donors (Lipinski definition) is 2. The summed E-state index contributed by atoms with van der Waals surface area (Å²) >= 11 is 12.0. The van der Waals surface area contributed by atoms with Gasteiger partial charge in [-0.05, 0) is 63.0 Å². The Morgan fingerprint density at radius 2 is 2.39 bits per heavy atom. The summed E-state index contributed by atoms with van der Waals surface area (Å²) in [6.45, 7) is 1.59. The molecule has 1 aliphatic rings. The summed E-state index contributed by atoms with van der Waals surface area (Å²) < 4.78 is 7.29. The van der Waals surface area contributed by atoms with Crippen LogP contribution in [0.25, 0.3) is 0 Å². The highest BCUT2D eigenvalue weighted by Gasteiger charge is 2.15. The molecule has 4 nitrogen and oxygen atoms in total. The molecule has 0 unspecified atom stereocenters. The fourth-order valence-corrected chi connectivity index (χ4v) is 2.94. The van der Waals surface area contributed by atoms with Crippen LogP contribution in [0.4, 0.5) is 5.82 Å². The normalized spacial score (nSPS) is 18.7. The Labute approximate surface area is 128 Å². The molecule has 1 atom stereocenters. The molecule has 1 saturated heterocycles. The van der Waals surface area contributed by atoms with Crippen molar-refractivity contribution in [3.63, 3.8) is 0 Å². The van der Waals surface area contributed by atoms with E-state index in [2.05, 4.69) is 47.5 Å². The smallest absolute Gasteiger partial charge is 0.172 e. The van der Waals surface area contributed by atoms with Crippen LogP contribution in [0.2, 0.25) is 0 Å². The van der Waals surface area contributed by atoms with Gasteiger partial charge in [0.25, 0.3) is 0 Å². The molecule has 0 saturated carbocycles. The van der Waals surface area contributed by atoms with Crippen molar-refractivity contribution in [3.8, 4) is 0 Å². The number of anilines is 1. The summed E-state index contributed by atoms with van der Waals surface area (Å²) in [6, 6.07) is 1.91. The lowest BCUT2D eigenvalue weighted by Crippen LogP contribution is -2.35. The lowest BCUT2D eigenvalue weighted by atomic mass is 10.2. The van der Waals surface area contributed by atoms with E-state index in [9.17, 15) is 0 Å². The number of halogens is 2. The van der Waals surface area contributed by atoms with Crippen LogP contribution >= 0.6 is 44.1 Å². The zero-order chi connectivity index (χ0) is 13.0. The molecule has 0 spiro atoms. The van der Waals surface area contributed by atoms with Gasteiger partial charge in [-0.1, -0.05) is 0 Å². The third-order valence-corrected chi connectivity index (χ3v) is 3.84. The van der Waals surface area contributed by atoms with E-state index in [1.54, 1.807) is 6.20 Å². The maximum absolute atomic E-state index is 5.51. The van der Waals surface area contributed by atoms with Crippen LogP contribution < -0.4 is 10.6 Å². The monoisotopic (exact) mass is 393 g/mol. The van der Waals surface area contributed by atoms with Crippen molar-refractivity contribution in [3.05, 3.63) is 21.2 Å². The molecule has 0 radical (unpaired) electrons. The first-order chi connectivity index (χ1) is 8.65. The summed E-state index contributed by atoms with van der Waals surface area (Å²) in [6.07, 6.45) is 4.21. The van der Waals surface area contributed by atoms with E-state index >= 15 is 0 Å². The molecule has 98 valence electrons. The highest BCUT2D eigenvalue weighted by molar-refractivity contribution is 9.11. The lowest BCUT2D eigenvalue weighted by Gasteiger charge is -2.14. The molecule has 1 aliphatic heterocycles. The van der Waals surface area contributed by atoms with Crippen molar-refractivity contribution >= 4 is 55.0 Å². The Balaban J connectivity index is 1.82. The van der Waals surface area contributed by atoms with Crippen LogP contribution in [0.15, 0.2) is 21.2 Å². The molecule has 1 aromatic heterocycles. The fourth-order valence-electron chi connectivity index (χ4n) is 1.67. The number of pyridine rings is 1. The minimum absolute atomic E-state index is 0.270. The largest absolute Gasteiger partial charge is 0.376 e. The predicted molar refractivity (Wildman–Crippen MR) is 82.8 cm³/mol. The summed E-state index contributed by atoms with van der Waals surface area (Å²) in [4.78, 5) is 4.23. The summed E-state index contributed by atoms with van der Waals surface area (Å²) in [5.74, 6) is 0.697. The number of hydrogen-bond acceptors (Lipinski definition) is 3. The maximum Gasteiger partial charge on any atom is 0.172 e. The molecule has 1 aromatic rings. The van der Waals surface area contributed by atoms with E-state index in [0.29, 0.717) is 10.9 Å². The minimum atomic E-state index is 0.270. The molecule has 0 amide bonds. The topological polar surface area (TPSA) is 46.2 Å². The Hall–Kier alpha value is -0.240. The van der Waals surface area contributed by atoms with Crippen LogP contribution in [-0.2, 0) is 4.74 Å². The van der Waals surface area contributed by atoms with Crippen molar-refractivity contribution in [2.24, 2.45) is 0 Å². The van der Waals surface area contributed by atoms with E-state index in [0.717, 1.165) is 34.9 Å². The zero-order valence-electron chi connectivity index (χ0n) is 9.58. The molecule has 0 aliphatic carbocycles. The van der Waals surface area contributed by atoms with Crippen LogP contribution in [0, 0.1) is 0 Å². The quantitative estimate of drug-likeness (QED) is 0.771. The fraction of sp³-hybridized carbons (Fsp3) is 0.455. The first-order valence-electron chi connectivity index (χ1n) is 5.62. The van der Waals surface area contributed by atoms with Gasteiger partial charge in [-0.2, -0.15) is 0 Å². The van der Waals surface area contributed by atoms with Crippen molar-refractivity contribution in [2.75, 3.05) is 18.5 Å². The van der Waals surface area contributed by atoms with Gasteiger partial charge in [-0.3, -0.25) is 0 Å². The number of ether oxygens (including phenoxy) is 1. The van der Waals surface area contributed by atoms with Gasteiger partial charge < -0.3 is 15.4 Å². The molecule has 2 rings (SSSR count). The number of rotatable bonds is 3. The first-order valence-corrected chi connectivity index (χ1v) is 7.62. The molecular formula is C11H13Br2N3OS. The molecule has 0 bridgehead atoms.